The molecule has 1 fully saturated rings. The van der Waals surface area contributed by atoms with Crippen LogP contribution in [-0.2, 0) is 4.79 Å². The van der Waals surface area contributed by atoms with Gasteiger partial charge in [-0.1, -0.05) is 11.6 Å². The van der Waals surface area contributed by atoms with Crippen molar-refractivity contribution < 1.29 is 14.7 Å². The number of hydrogen-bond acceptors (Lipinski definition) is 3. The fourth-order valence-electron chi connectivity index (χ4n) is 2.60. The Balaban J connectivity index is 2.33. The van der Waals surface area contributed by atoms with Gasteiger partial charge in [-0.15, -0.1) is 0 Å². The van der Waals surface area contributed by atoms with Crippen LogP contribution in [0, 0.1) is 5.41 Å². The lowest BCUT2D eigenvalue weighted by molar-refractivity contribution is -0.128. The molecule has 2 rings (SSSR count). The second-order valence-electron chi connectivity index (χ2n) is 5.28. The van der Waals surface area contributed by atoms with Crippen molar-refractivity contribution in [2.75, 3.05) is 25.0 Å². The van der Waals surface area contributed by atoms with Crippen molar-refractivity contribution in [1.29, 1.82) is 0 Å². The molecule has 6 heteroatoms. The molecule has 1 amide bonds. The van der Waals surface area contributed by atoms with Gasteiger partial charge in [0, 0.05) is 25.2 Å². The molecule has 20 heavy (non-hydrogen) atoms. The predicted molar refractivity (Wildman–Crippen MR) is 77.4 cm³/mol. The first-order chi connectivity index (χ1) is 9.37. The molecule has 0 spiro atoms. The number of nitrogens with zero attached hydrogens (tertiary/aromatic N) is 1. The third-order valence-corrected chi connectivity index (χ3v) is 4.01. The summed E-state index contributed by atoms with van der Waals surface area (Å²) in [6.07, 6.45) is 0.679. The third kappa shape index (κ3) is 2.58. The molecule has 0 aromatic heterocycles. The monoisotopic (exact) mass is 296 g/mol. The summed E-state index contributed by atoms with van der Waals surface area (Å²) in [6, 6.07) is 4.69. The average Bonchev–Trinajstić information content (AvgIpc) is 2.81. The molecule has 1 atom stereocenters. The van der Waals surface area contributed by atoms with E-state index in [9.17, 15) is 14.7 Å². The fourth-order valence-corrected chi connectivity index (χ4v) is 2.77. The van der Waals surface area contributed by atoms with Gasteiger partial charge in [0.25, 0.3) is 0 Å². The maximum atomic E-state index is 11.9. The Kier molecular flexibility index (Phi) is 3.90. The van der Waals surface area contributed by atoms with Gasteiger partial charge in [-0.25, -0.2) is 4.79 Å². The smallest absolute Gasteiger partial charge is 0.337 e. The fraction of sp³-hybridized carbons (Fsp3) is 0.429. The summed E-state index contributed by atoms with van der Waals surface area (Å²) in [6.45, 7) is 2.99. The number of nitrogens with one attached hydrogen (secondary N) is 1. The summed E-state index contributed by atoms with van der Waals surface area (Å²) in [5, 5.41) is 12.4. The molecule has 2 N–H and O–H groups in total. The highest BCUT2D eigenvalue weighted by atomic mass is 35.5. The lowest BCUT2D eigenvalue weighted by Crippen LogP contribution is -2.39. The quantitative estimate of drug-likeness (QED) is 0.895. The van der Waals surface area contributed by atoms with Gasteiger partial charge in [-0.3, -0.25) is 4.79 Å². The van der Waals surface area contributed by atoms with Gasteiger partial charge < -0.3 is 15.3 Å². The van der Waals surface area contributed by atoms with Crippen molar-refractivity contribution in [2.24, 2.45) is 5.41 Å². The molecule has 0 saturated carbocycles. The second-order valence-corrected chi connectivity index (χ2v) is 5.71. The van der Waals surface area contributed by atoms with Crippen molar-refractivity contribution in [3.63, 3.8) is 0 Å². The molecule has 5 nitrogen and oxygen atoms in total. The highest BCUT2D eigenvalue weighted by molar-refractivity contribution is 6.31. The number of anilines is 1. The Morgan fingerprint density at radius 1 is 1.45 bits per heavy atom. The van der Waals surface area contributed by atoms with Gasteiger partial charge >= 0.3 is 5.97 Å². The van der Waals surface area contributed by atoms with E-state index in [2.05, 4.69) is 5.32 Å². The first-order valence-electron chi connectivity index (χ1n) is 6.37. The topological polar surface area (TPSA) is 69.6 Å². The van der Waals surface area contributed by atoms with E-state index in [0.29, 0.717) is 30.2 Å². The summed E-state index contributed by atoms with van der Waals surface area (Å²) in [5.74, 6) is -1.02. The van der Waals surface area contributed by atoms with Crippen molar-refractivity contribution in [2.45, 2.75) is 13.3 Å². The Morgan fingerprint density at radius 3 is 2.75 bits per heavy atom. The number of carboxylic acids is 1. The van der Waals surface area contributed by atoms with Crippen LogP contribution in [0.3, 0.4) is 0 Å². The van der Waals surface area contributed by atoms with E-state index in [0.717, 1.165) is 0 Å². The van der Waals surface area contributed by atoms with Gasteiger partial charge in [0.15, 0.2) is 0 Å². The Labute approximate surface area is 122 Å². The Hall–Kier alpha value is -1.75. The number of carboxylic acid groups (broad SMARTS) is 1. The number of amides is 1. The van der Waals surface area contributed by atoms with Gasteiger partial charge in [-0.05, 0) is 31.5 Å². The van der Waals surface area contributed by atoms with Gasteiger partial charge in [0.2, 0.25) is 5.91 Å². The molecule has 1 aliphatic heterocycles. The molecule has 1 aliphatic rings. The number of benzene rings is 1. The standard InChI is InChI=1S/C14H17ClN2O3/c1-14(13(20)16-2)5-6-17(8-14)11-7-9(15)3-4-10(11)12(18)19/h3-4,7H,5-6,8H2,1-2H3,(H,16,20)(H,18,19). The number of rotatable bonds is 3. The molecule has 1 unspecified atom stereocenters. The number of hydrogen-bond donors (Lipinski definition) is 2. The minimum absolute atomic E-state index is 0.0288. The van der Waals surface area contributed by atoms with Crippen LogP contribution >= 0.6 is 11.6 Å². The molecule has 108 valence electrons. The van der Waals surface area contributed by atoms with E-state index in [1.54, 1.807) is 19.2 Å². The van der Waals surface area contributed by atoms with Crippen LogP contribution in [0.5, 0.6) is 0 Å². The zero-order valence-electron chi connectivity index (χ0n) is 11.4. The van der Waals surface area contributed by atoms with E-state index < -0.39 is 11.4 Å². The molecular formula is C14H17ClN2O3. The lowest BCUT2D eigenvalue weighted by atomic mass is 9.89. The number of aromatic carboxylic acids is 1. The van der Waals surface area contributed by atoms with Crippen molar-refractivity contribution in [3.05, 3.63) is 28.8 Å². The average molecular weight is 297 g/mol. The van der Waals surface area contributed by atoms with E-state index >= 15 is 0 Å². The van der Waals surface area contributed by atoms with Gasteiger partial charge in [-0.2, -0.15) is 0 Å². The highest BCUT2D eigenvalue weighted by Crippen LogP contribution is 2.36. The summed E-state index contributed by atoms with van der Waals surface area (Å²) in [4.78, 5) is 25.1. The van der Waals surface area contributed by atoms with Crippen LogP contribution < -0.4 is 10.2 Å². The van der Waals surface area contributed by atoms with Crippen LogP contribution in [0.1, 0.15) is 23.7 Å². The Morgan fingerprint density at radius 2 is 2.15 bits per heavy atom. The van der Waals surface area contributed by atoms with E-state index in [1.165, 1.54) is 6.07 Å². The SMILES string of the molecule is CNC(=O)C1(C)CCN(c2cc(Cl)ccc2C(=O)O)C1. The second kappa shape index (κ2) is 5.32. The van der Waals surface area contributed by atoms with Crippen LogP contribution in [0.2, 0.25) is 5.02 Å². The molecule has 0 radical (unpaired) electrons. The first kappa shape index (κ1) is 14.7. The molecule has 1 aromatic carbocycles. The van der Waals surface area contributed by atoms with Crippen molar-refractivity contribution >= 4 is 29.2 Å². The number of carbonyl (C=O) groups excluding carboxylic acids is 1. The van der Waals surface area contributed by atoms with Crippen LogP contribution in [-0.4, -0.2) is 37.1 Å². The maximum absolute atomic E-state index is 11.9. The molecule has 1 heterocycles. The minimum Gasteiger partial charge on any atom is -0.478 e. The van der Waals surface area contributed by atoms with Crippen LogP contribution in [0.25, 0.3) is 0 Å². The van der Waals surface area contributed by atoms with Crippen LogP contribution in [0.15, 0.2) is 18.2 Å². The van der Waals surface area contributed by atoms with Gasteiger partial charge in [0.05, 0.1) is 16.7 Å². The minimum atomic E-state index is -0.995. The zero-order valence-corrected chi connectivity index (χ0v) is 12.2. The van der Waals surface area contributed by atoms with Crippen molar-refractivity contribution in [3.8, 4) is 0 Å². The lowest BCUT2D eigenvalue weighted by Gasteiger charge is -2.25. The number of halogens is 1. The molecular weight excluding hydrogens is 280 g/mol. The summed E-state index contributed by atoms with van der Waals surface area (Å²) in [5.41, 5.74) is 0.264. The first-order valence-corrected chi connectivity index (χ1v) is 6.75. The van der Waals surface area contributed by atoms with E-state index in [-0.39, 0.29) is 11.5 Å². The van der Waals surface area contributed by atoms with E-state index in [4.69, 9.17) is 11.6 Å². The predicted octanol–water partition coefficient (Wildman–Crippen LogP) is 2.00. The third-order valence-electron chi connectivity index (χ3n) is 3.78. The number of carbonyl (C=O) groups is 2. The summed E-state index contributed by atoms with van der Waals surface area (Å²) >= 11 is 5.96. The molecule has 1 saturated heterocycles. The van der Waals surface area contributed by atoms with Crippen molar-refractivity contribution in [1.82, 2.24) is 5.32 Å². The summed E-state index contributed by atoms with van der Waals surface area (Å²) < 4.78 is 0. The zero-order chi connectivity index (χ0) is 14.9. The molecule has 0 aliphatic carbocycles. The van der Waals surface area contributed by atoms with E-state index in [1.807, 2.05) is 11.8 Å². The normalized spacial score (nSPS) is 21.9. The molecule has 0 bridgehead atoms. The molecule has 1 aromatic rings. The van der Waals surface area contributed by atoms with Gasteiger partial charge in [0.1, 0.15) is 0 Å². The maximum Gasteiger partial charge on any atom is 0.337 e. The Bertz CT molecular complexity index is 561. The largest absolute Gasteiger partial charge is 0.478 e. The summed E-state index contributed by atoms with van der Waals surface area (Å²) in [7, 11) is 1.61. The van der Waals surface area contributed by atoms with Crippen LogP contribution in [0.4, 0.5) is 5.69 Å². The highest BCUT2D eigenvalue weighted by Gasteiger charge is 2.40.